The summed E-state index contributed by atoms with van der Waals surface area (Å²) in [6.45, 7) is -0.163. The number of amides is 3. The summed E-state index contributed by atoms with van der Waals surface area (Å²) in [5.41, 5.74) is 0.731. The van der Waals surface area contributed by atoms with Gasteiger partial charge in [-0.1, -0.05) is 28.8 Å². The van der Waals surface area contributed by atoms with Crippen molar-refractivity contribution in [1.82, 2.24) is 10.2 Å². The van der Waals surface area contributed by atoms with Gasteiger partial charge in [0.2, 0.25) is 0 Å². The van der Waals surface area contributed by atoms with Crippen LogP contribution in [-0.2, 0) is 14.3 Å². The van der Waals surface area contributed by atoms with Gasteiger partial charge in [0.15, 0.2) is 6.61 Å². The van der Waals surface area contributed by atoms with Crippen molar-refractivity contribution >= 4 is 39.6 Å². The highest BCUT2D eigenvalue weighted by atomic mass is 79.9. The van der Waals surface area contributed by atoms with E-state index in [1.54, 1.807) is 18.2 Å². The molecule has 0 radical (unpaired) electrons. The molecule has 1 saturated carbocycles. The van der Waals surface area contributed by atoms with E-state index >= 15 is 0 Å². The molecule has 8 heteroatoms. The quantitative estimate of drug-likeness (QED) is 0.523. The predicted octanol–water partition coefficient (Wildman–Crippen LogP) is 2.43. The Labute approximate surface area is 165 Å². The third-order valence-corrected chi connectivity index (χ3v) is 5.27. The van der Waals surface area contributed by atoms with Crippen molar-refractivity contribution in [3.8, 4) is 0 Å². The van der Waals surface area contributed by atoms with E-state index in [9.17, 15) is 19.2 Å². The molecule has 1 aromatic rings. The molecule has 0 aromatic heterocycles. The lowest BCUT2D eigenvalue weighted by molar-refractivity contribution is -0.148. The molecule has 0 unspecified atom stereocenters. The zero-order valence-corrected chi connectivity index (χ0v) is 16.4. The van der Waals surface area contributed by atoms with Crippen LogP contribution in [0.5, 0.6) is 0 Å². The average molecular weight is 437 g/mol. The number of carbonyl (C=O) groups is 4. The Kier molecular flexibility index (Phi) is 6.26. The Morgan fingerprint density at radius 2 is 1.85 bits per heavy atom. The number of esters is 1. The van der Waals surface area contributed by atoms with E-state index in [1.807, 2.05) is 0 Å². The molecule has 1 aliphatic carbocycles. The van der Waals surface area contributed by atoms with Gasteiger partial charge in [0.25, 0.3) is 17.7 Å². The van der Waals surface area contributed by atoms with Gasteiger partial charge in [-0.15, -0.1) is 0 Å². The molecular weight excluding hydrogens is 416 g/mol. The van der Waals surface area contributed by atoms with E-state index in [0.29, 0.717) is 11.1 Å². The summed E-state index contributed by atoms with van der Waals surface area (Å²) in [5.74, 6) is -1.52. The van der Waals surface area contributed by atoms with Crippen LogP contribution in [0.15, 0.2) is 22.7 Å². The molecule has 2 aliphatic rings. The molecule has 7 nitrogen and oxygen atoms in total. The molecule has 1 heterocycles. The lowest BCUT2D eigenvalue weighted by atomic mass is 10.1. The molecular formula is C19H21BrN2O5. The van der Waals surface area contributed by atoms with Crippen LogP contribution in [0.4, 0.5) is 0 Å². The summed E-state index contributed by atoms with van der Waals surface area (Å²) in [6, 6.07) is 5.12. The number of hydrogen-bond acceptors (Lipinski definition) is 5. The highest BCUT2D eigenvalue weighted by Crippen LogP contribution is 2.26. The molecule has 3 rings (SSSR count). The maximum atomic E-state index is 12.3. The molecule has 0 atom stereocenters. The van der Waals surface area contributed by atoms with Gasteiger partial charge in [-0.2, -0.15) is 0 Å². The van der Waals surface area contributed by atoms with E-state index in [1.165, 1.54) is 0 Å². The monoisotopic (exact) mass is 436 g/mol. The number of fused-ring (bicyclic) bond motifs is 1. The molecule has 144 valence electrons. The normalized spacial score (nSPS) is 16.6. The summed E-state index contributed by atoms with van der Waals surface area (Å²) >= 11 is 3.28. The maximum absolute atomic E-state index is 12.3. The van der Waals surface area contributed by atoms with Crippen LogP contribution >= 0.6 is 15.9 Å². The van der Waals surface area contributed by atoms with Crippen LogP contribution in [0.3, 0.4) is 0 Å². The third kappa shape index (κ3) is 4.74. The van der Waals surface area contributed by atoms with Crippen LogP contribution in [-0.4, -0.2) is 47.8 Å². The number of imide groups is 1. The topological polar surface area (TPSA) is 92.8 Å². The number of benzene rings is 1. The van der Waals surface area contributed by atoms with E-state index in [4.69, 9.17) is 4.74 Å². The summed E-state index contributed by atoms with van der Waals surface area (Å²) in [4.78, 5) is 49.3. The second kappa shape index (κ2) is 8.65. The largest absolute Gasteiger partial charge is 0.456 e. The predicted molar refractivity (Wildman–Crippen MR) is 100 cm³/mol. The summed E-state index contributed by atoms with van der Waals surface area (Å²) in [6.07, 6.45) is 4.48. The SMILES string of the molecule is O=C(COC(=O)CCCN1C(=O)c2ccc(Br)cc2C1=O)NC1CCCC1. The number of hydrogen-bond donors (Lipinski definition) is 1. The van der Waals surface area contributed by atoms with Crippen molar-refractivity contribution in [2.45, 2.75) is 44.6 Å². The number of carbonyl (C=O) groups excluding carboxylic acids is 4. The Bertz CT molecular complexity index is 773. The Morgan fingerprint density at radius 3 is 2.59 bits per heavy atom. The van der Waals surface area contributed by atoms with Gasteiger partial charge in [-0.3, -0.25) is 24.1 Å². The van der Waals surface area contributed by atoms with E-state index in [-0.39, 0.29) is 49.8 Å². The Hall–Kier alpha value is -2.22. The molecule has 1 aliphatic heterocycles. The Morgan fingerprint density at radius 1 is 1.15 bits per heavy atom. The van der Waals surface area contributed by atoms with Crippen molar-refractivity contribution in [2.75, 3.05) is 13.2 Å². The second-order valence-corrected chi connectivity index (χ2v) is 7.68. The molecule has 1 fully saturated rings. The average Bonchev–Trinajstić information content (AvgIpc) is 3.22. The van der Waals surface area contributed by atoms with Crippen molar-refractivity contribution < 1.29 is 23.9 Å². The number of rotatable bonds is 7. The van der Waals surface area contributed by atoms with Gasteiger partial charge in [0, 0.05) is 23.5 Å². The van der Waals surface area contributed by atoms with Crippen LogP contribution in [0.25, 0.3) is 0 Å². The zero-order chi connectivity index (χ0) is 19.4. The van der Waals surface area contributed by atoms with Crippen molar-refractivity contribution in [3.05, 3.63) is 33.8 Å². The smallest absolute Gasteiger partial charge is 0.306 e. The van der Waals surface area contributed by atoms with E-state index < -0.39 is 5.97 Å². The molecule has 1 aromatic carbocycles. The van der Waals surface area contributed by atoms with Crippen LogP contribution in [0.1, 0.15) is 59.2 Å². The summed E-state index contributed by atoms with van der Waals surface area (Å²) < 4.78 is 5.69. The minimum atomic E-state index is -0.518. The second-order valence-electron chi connectivity index (χ2n) is 6.76. The van der Waals surface area contributed by atoms with Gasteiger partial charge in [-0.25, -0.2) is 0 Å². The zero-order valence-electron chi connectivity index (χ0n) is 14.8. The fourth-order valence-corrected chi connectivity index (χ4v) is 3.77. The molecule has 1 N–H and O–H groups in total. The van der Waals surface area contributed by atoms with Gasteiger partial charge in [0.1, 0.15) is 0 Å². The highest BCUT2D eigenvalue weighted by molar-refractivity contribution is 9.10. The van der Waals surface area contributed by atoms with E-state index in [0.717, 1.165) is 35.1 Å². The van der Waals surface area contributed by atoms with Gasteiger partial charge in [-0.05, 0) is 37.5 Å². The standard InChI is InChI=1S/C19H21BrN2O5/c20-12-7-8-14-15(10-12)19(26)22(18(14)25)9-3-6-17(24)27-11-16(23)21-13-4-1-2-5-13/h7-8,10,13H,1-6,9,11H2,(H,21,23). The fraction of sp³-hybridized carbons (Fsp3) is 0.474. The first-order valence-electron chi connectivity index (χ1n) is 9.06. The number of nitrogens with zero attached hydrogens (tertiary/aromatic N) is 1. The van der Waals surface area contributed by atoms with Crippen molar-refractivity contribution in [3.63, 3.8) is 0 Å². The van der Waals surface area contributed by atoms with E-state index in [2.05, 4.69) is 21.2 Å². The summed E-state index contributed by atoms with van der Waals surface area (Å²) in [5, 5.41) is 2.84. The molecule has 0 bridgehead atoms. The van der Waals surface area contributed by atoms with Crippen LogP contribution in [0, 0.1) is 0 Å². The van der Waals surface area contributed by atoms with Crippen molar-refractivity contribution in [2.24, 2.45) is 0 Å². The van der Waals surface area contributed by atoms with Crippen LogP contribution < -0.4 is 5.32 Å². The number of ether oxygens (including phenoxy) is 1. The maximum Gasteiger partial charge on any atom is 0.306 e. The van der Waals surface area contributed by atoms with Gasteiger partial charge in [0.05, 0.1) is 11.1 Å². The lowest BCUT2D eigenvalue weighted by Gasteiger charge is -2.14. The number of nitrogens with one attached hydrogen (secondary N) is 1. The molecule has 0 spiro atoms. The molecule has 0 saturated heterocycles. The first-order chi connectivity index (χ1) is 13.0. The highest BCUT2D eigenvalue weighted by Gasteiger charge is 2.35. The minimum absolute atomic E-state index is 0.0355. The first-order valence-corrected chi connectivity index (χ1v) is 9.86. The van der Waals surface area contributed by atoms with Crippen molar-refractivity contribution in [1.29, 1.82) is 0 Å². The lowest BCUT2D eigenvalue weighted by Crippen LogP contribution is -2.36. The third-order valence-electron chi connectivity index (χ3n) is 4.78. The first kappa shape index (κ1) is 19.5. The molecule has 27 heavy (non-hydrogen) atoms. The fourth-order valence-electron chi connectivity index (χ4n) is 3.41. The Balaban J connectivity index is 1.39. The molecule has 3 amide bonds. The minimum Gasteiger partial charge on any atom is -0.456 e. The summed E-state index contributed by atoms with van der Waals surface area (Å²) in [7, 11) is 0. The van der Waals surface area contributed by atoms with Gasteiger partial charge < -0.3 is 10.1 Å². The van der Waals surface area contributed by atoms with Gasteiger partial charge >= 0.3 is 5.97 Å². The van der Waals surface area contributed by atoms with Crippen LogP contribution in [0.2, 0.25) is 0 Å². The number of halogens is 1.